The van der Waals surface area contributed by atoms with Crippen LogP contribution in [0.25, 0.3) is 0 Å². The molecule has 0 saturated carbocycles. The standard InChI is InChI=1S/C20H22O4S/c1-14(2)20-17(19(21)16-10-6-7-11-18(16)24-20)12-13-25(22,23)15-8-4-3-5-9-15/h3-11,14,17,20H,12-13H2,1-2H3. The Morgan fingerprint density at radius 3 is 2.32 bits per heavy atom. The largest absolute Gasteiger partial charge is 0.489 e. The third-order valence-electron chi connectivity index (χ3n) is 4.61. The van der Waals surface area contributed by atoms with Gasteiger partial charge in [-0.15, -0.1) is 0 Å². The van der Waals surface area contributed by atoms with Gasteiger partial charge in [0, 0.05) is 0 Å². The van der Waals surface area contributed by atoms with E-state index < -0.39 is 15.8 Å². The molecular formula is C20H22O4S. The lowest BCUT2D eigenvalue weighted by molar-refractivity contribution is 0.0507. The van der Waals surface area contributed by atoms with Crippen LogP contribution in [0.1, 0.15) is 30.6 Å². The van der Waals surface area contributed by atoms with Gasteiger partial charge in [-0.2, -0.15) is 0 Å². The summed E-state index contributed by atoms with van der Waals surface area (Å²) in [7, 11) is -3.42. The maximum Gasteiger partial charge on any atom is 0.178 e. The minimum atomic E-state index is -3.42. The van der Waals surface area contributed by atoms with Crippen LogP contribution in [0.3, 0.4) is 0 Å². The Bertz CT molecular complexity index is 856. The fourth-order valence-corrected chi connectivity index (χ4v) is 4.65. The summed E-state index contributed by atoms with van der Waals surface area (Å²) in [5.74, 6) is 0.162. The van der Waals surface area contributed by atoms with E-state index in [0.29, 0.717) is 16.2 Å². The van der Waals surface area contributed by atoms with Gasteiger partial charge in [-0.3, -0.25) is 4.79 Å². The molecule has 4 nitrogen and oxygen atoms in total. The zero-order chi connectivity index (χ0) is 18.0. The number of Topliss-reactive ketones (excluding diaryl/α,β-unsaturated/α-hetero) is 1. The molecule has 2 unspecified atom stereocenters. The molecule has 0 amide bonds. The average Bonchev–Trinajstić information content (AvgIpc) is 2.61. The van der Waals surface area contributed by atoms with Crippen LogP contribution in [0.5, 0.6) is 5.75 Å². The predicted molar refractivity (Wildman–Crippen MR) is 96.6 cm³/mol. The Balaban J connectivity index is 1.84. The second-order valence-electron chi connectivity index (χ2n) is 6.71. The highest BCUT2D eigenvalue weighted by Crippen LogP contribution is 2.35. The lowest BCUT2D eigenvalue weighted by Gasteiger charge is -2.35. The molecular weight excluding hydrogens is 336 g/mol. The van der Waals surface area contributed by atoms with Crippen molar-refractivity contribution in [3.05, 3.63) is 60.2 Å². The summed E-state index contributed by atoms with van der Waals surface area (Å²) >= 11 is 0. The summed E-state index contributed by atoms with van der Waals surface area (Å²) in [6.07, 6.45) is -0.0545. The first-order valence-corrected chi connectivity index (χ1v) is 10.1. The Kier molecular flexibility index (Phi) is 4.95. The first kappa shape index (κ1) is 17.7. The van der Waals surface area contributed by atoms with Gasteiger partial charge >= 0.3 is 0 Å². The summed E-state index contributed by atoms with van der Waals surface area (Å²) in [5.41, 5.74) is 0.543. The van der Waals surface area contributed by atoms with E-state index in [1.165, 1.54) is 0 Å². The zero-order valence-electron chi connectivity index (χ0n) is 14.4. The van der Waals surface area contributed by atoms with Gasteiger partial charge in [0.1, 0.15) is 11.9 Å². The third-order valence-corrected chi connectivity index (χ3v) is 6.37. The molecule has 25 heavy (non-hydrogen) atoms. The number of fused-ring (bicyclic) bond motifs is 1. The molecule has 1 aliphatic rings. The number of sulfone groups is 1. The van der Waals surface area contributed by atoms with Crippen LogP contribution in [0.4, 0.5) is 0 Å². The van der Waals surface area contributed by atoms with Gasteiger partial charge in [-0.1, -0.05) is 44.2 Å². The normalized spacial score (nSPS) is 20.2. The lowest BCUT2D eigenvalue weighted by Crippen LogP contribution is -2.42. The van der Waals surface area contributed by atoms with Crippen molar-refractivity contribution in [2.45, 2.75) is 31.3 Å². The van der Waals surface area contributed by atoms with Gasteiger partial charge in [-0.05, 0) is 36.6 Å². The van der Waals surface area contributed by atoms with E-state index in [-0.39, 0.29) is 30.0 Å². The second kappa shape index (κ2) is 7.00. The fourth-order valence-electron chi connectivity index (χ4n) is 3.27. The van der Waals surface area contributed by atoms with E-state index in [9.17, 15) is 13.2 Å². The number of ether oxygens (including phenoxy) is 1. The second-order valence-corrected chi connectivity index (χ2v) is 8.82. The molecule has 1 heterocycles. The molecule has 1 aliphatic heterocycles. The van der Waals surface area contributed by atoms with Crippen molar-refractivity contribution < 1.29 is 17.9 Å². The zero-order valence-corrected chi connectivity index (χ0v) is 15.2. The maximum absolute atomic E-state index is 12.9. The van der Waals surface area contributed by atoms with Crippen molar-refractivity contribution in [3.8, 4) is 5.75 Å². The van der Waals surface area contributed by atoms with E-state index in [4.69, 9.17) is 4.74 Å². The number of carbonyl (C=O) groups is 1. The molecule has 3 rings (SSSR count). The van der Waals surface area contributed by atoms with E-state index in [1.807, 2.05) is 19.9 Å². The molecule has 0 aliphatic carbocycles. The van der Waals surface area contributed by atoms with Gasteiger partial charge in [0.05, 0.1) is 22.1 Å². The fraction of sp³-hybridized carbons (Fsp3) is 0.350. The van der Waals surface area contributed by atoms with Gasteiger partial charge in [-0.25, -0.2) is 8.42 Å². The summed E-state index contributed by atoms with van der Waals surface area (Å²) in [5, 5.41) is 0. The first-order valence-electron chi connectivity index (χ1n) is 8.48. The Morgan fingerprint density at radius 2 is 1.64 bits per heavy atom. The average molecular weight is 358 g/mol. The van der Waals surface area contributed by atoms with Gasteiger partial charge < -0.3 is 4.74 Å². The Morgan fingerprint density at radius 1 is 1.00 bits per heavy atom. The Labute approximate surface area is 148 Å². The van der Waals surface area contributed by atoms with E-state index >= 15 is 0 Å². The van der Waals surface area contributed by atoms with Crippen LogP contribution in [-0.4, -0.2) is 26.1 Å². The number of hydrogen-bond donors (Lipinski definition) is 0. The lowest BCUT2D eigenvalue weighted by atomic mass is 9.82. The van der Waals surface area contributed by atoms with Crippen molar-refractivity contribution in [1.82, 2.24) is 0 Å². The van der Waals surface area contributed by atoms with Gasteiger partial charge in [0.25, 0.3) is 0 Å². The molecule has 0 radical (unpaired) electrons. The van der Waals surface area contributed by atoms with Crippen LogP contribution >= 0.6 is 0 Å². The molecule has 0 fully saturated rings. The first-order chi connectivity index (χ1) is 11.9. The van der Waals surface area contributed by atoms with Crippen molar-refractivity contribution in [2.75, 3.05) is 5.75 Å². The summed E-state index contributed by atoms with van der Waals surface area (Å²) in [4.78, 5) is 13.2. The minimum Gasteiger partial charge on any atom is -0.489 e. The molecule has 0 N–H and O–H groups in total. The van der Waals surface area contributed by atoms with Gasteiger partial charge in [0.15, 0.2) is 15.6 Å². The Hall–Kier alpha value is -2.14. The van der Waals surface area contributed by atoms with Gasteiger partial charge in [0.2, 0.25) is 0 Å². The molecule has 2 aromatic carbocycles. The van der Waals surface area contributed by atoms with Crippen molar-refractivity contribution in [2.24, 2.45) is 11.8 Å². The number of para-hydroxylation sites is 1. The number of rotatable bonds is 5. The third kappa shape index (κ3) is 3.61. The van der Waals surface area contributed by atoms with Crippen LogP contribution in [0.15, 0.2) is 59.5 Å². The summed E-state index contributed by atoms with van der Waals surface area (Å²) in [6.45, 7) is 3.98. The molecule has 0 bridgehead atoms. The predicted octanol–water partition coefficient (Wildman–Crippen LogP) is 3.77. The van der Waals surface area contributed by atoms with E-state index in [1.54, 1.807) is 48.5 Å². The molecule has 2 atom stereocenters. The number of carbonyl (C=O) groups excluding carboxylic acids is 1. The smallest absolute Gasteiger partial charge is 0.178 e. The van der Waals surface area contributed by atoms with Crippen LogP contribution in [-0.2, 0) is 9.84 Å². The molecule has 0 saturated heterocycles. The minimum absolute atomic E-state index is 0.0242. The monoisotopic (exact) mass is 358 g/mol. The van der Waals surface area contributed by atoms with Crippen LogP contribution in [0, 0.1) is 11.8 Å². The summed E-state index contributed by atoms with van der Waals surface area (Å²) in [6, 6.07) is 15.5. The van der Waals surface area contributed by atoms with E-state index in [2.05, 4.69) is 0 Å². The quantitative estimate of drug-likeness (QED) is 0.816. The van der Waals surface area contributed by atoms with Crippen molar-refractivity contribution in [3.63, 3.8) is 0 Å². The molecule has 5 heteroatoms. The molecule has 0 aromatic heterocycles. The highest BCUT2D eigenvalue weighted by atomic mass is 32.2. The number of hydrogen-bond acceptors (Lipinski definition) is 4. The highest BCUT2D eigenvalue weighted by molar-refractivity contribution is 7.91. The van der Waals surface area contributed by atoms with Crippen molar-refractivity contribution >= 4 is 15.6 Å². The van der Waals surface area contributed by atoms with Crippen LogP contribution in [0.2, 0.25) is 0 Å². The molecule has 2 aromatic rings. The topological polar surface area (TPSA) is 60.4 Å². The maximum atomic E-state index is 12.9. The number of ketones is 1. The van der Waals surface area contributed by atoms with E-state index in [0.717, 1.165) is 0 Å². The van der Waals surface area contributed by atoms with Crippen molar-refractivity contribution in [1.29, 1.82) is 0 Å². The highest BCUT2D eigenvalue weighted by Gasteiger charge is 2.39. The summed E-state index contributed by atoms with van der Waals surface area (Å²) < 4.78 is 31.1. The number of benzene rings is 2. The molecule has 132 valence electrons. The molecule has 0 spiro atoms. The SMILES string of the molecule is CC(C)C1Oc2ccccc2C(=O)C1CCS(=O)(=O)c1ccccc1. The van der Waals surface area contributed by atoms with Crippen LogP contribution < -0.4 is 4.74 Å².